The first-order valence-corrected chi connectivity index (χ1v) is 7.01. The number of hydrogen-bond acceptors (Lipinski definition) is 4. The van der Waals surface area contributed by atoms with E-state index in [0.29, 0.717) is 6.61 Å². The van der Waals surface area contributed by atoms with Crippen molar-refractivity contribution in [1.29, 1.82) is 0 Å². The first-order chi connectivity index (χ1) is 9.81. The van der Waals surface area contributed by atoms with Crippen molar-refractivity contribution in [3.8, 4) is 5.75 Å². The van der Waals surface area contributed by atoms with Crippen molar-refractivity contribution in [1.82, 2.24) is 15.2 Å². The lowest BCUT2D eigenvalue weighted by molar-refractivity contribution is 0.332. The van der Waals surface area contributed by atoms with Gasteiger partial charge in [-0.05, 0) is 25.5 Å². The minimum atomic E-state index is -0.133. The molecule has 1 unspecified atom stereocenters. The van der Waals surface area contributed by atoms with Gasteiger partial charge in [0.25, 0.3) is 0 Å². The van der Waals surface area contributed by atoms with E-state index in [1.54, 1.807) is 6.20 Å². The van der Waals surface area contributed by atoms with Gasteiger partial charge in [0.1, 0.15) is 5.75 Å². The fourth-order valence-electron chi connectivity index (χ4n) is 2.33. The Hall–Kier alpha value is -1.85. The lowest BCUT2D eigenvalue weighted by Crippen LogP contribution is -2.31. The van der Waals surface area contributed by atoms with Gasteiger partial charge in [-0.3, -0.25) is 10.5 Å². The zero-order valence-electron chi connectivity index (χ0n) is 12.0. The van der Waals surface area contributed by atoms with Gasteiger partial charge in [0.15, 0.2) is 0 Å². The van der Waals surface area contributed by atoms with Crippen LogP contribution in [-0.4, -0.2) is 16.4 Å². The van der Waals surface area contributed by atoms with Gasteiger partial charge in [-0.2, -0.15) is 5.10 Å². The van der Waals surface area contributed by atoms with Gasteiger partial charge in [-0.15, -0.1) is 0 Å². The first-order valence-electron chi connectivity index (χ1n) is 7.01. The van der Waals surface area contributed by atoms with E-state index < -0.39 is 0 Å². The van der Waals surface area contributed by atoms with Gasteiger partial charge in [0.05, 0.1) is 18.3 Å². The number of aromatic nitrogens is 2. The first kappa shape index (κ1) is 14.6. The second-order valence-electron chi connectivity index (χ2n) is 4.55. The number of nitrogens with one attached hydrogen (secondary N) is 1. The molecule has 0 fully saturated rings. The predicted octanol–water partition coefficient (Wildman–Crippen LogP) is 2.24. The van der Waals surface area contributed by atoms with E-state index in [4.69, 9.17) is 10.6 Å². The van der Waals surface area contributed by atoms with Crippen LogP contribution in [0.2, 0.25) is 0 Å². The van der Waals surface area contributed by atoms with Crippen molar-refractivity contribution in [3.63, 3.8) is 0 Å². The van der Waals surface area contributed by atoms with Crippen LogP contribution < -0.4 is 16.0 Å². The number of nitrogens with zero attached hydrogens (tertiary/aromatic N) is 2. The Morgan fingerprint density at radius 3 is 2.80 bits per heavy atom. The van der Waals surface area contributed by atoms with Crippen molar-refractivity contribution < 1.29 is 4.74 Å². The minimum absolute atomic E-state index is 0.133. The van der Waals surface area contributed by atoms with Crippen LogP contribution in [0.4, 0.5) is 0 Å². The Labute approximate surface area is 119 Å². The molecule has 0 saturated heterocycles. The van der Waals surface area contributed by atoms with Gasteiger partial charge in [-0.1, -0.05) is 25.1 Å². The zero-order chi connectivity index (χ0) is 14.4. The maximum atomic E-state index is 5.78. The second-order valence-corrected chi connectivity index (χ2v) is 4.55. The number of para-hydroxylation sites is 1. The summed E-state index contributed by atoms with van der Waals surface area (Å²) in [7, 11) is 0. The molecule has 5 heteroatoms. The van der Waals surface area contributed by atoms with Crippen LogP contribution in [0.1, 0.15) is 37.6 Å². The molecular weight excluding hydrogens is 252 g/mol. The second kappa shape index (κ2) is 7.07. The maximum Gasteiger partial charge on any atom is 0.124 e. The normalized spacial score (nSPS) is 12.3. The summed E-state index contributed by atoms with van der Waals surface area (Å²) in [5.74, 6) is 6.63. The van der Waals surface area contributed by atoms with Gasteiger partial charge in [0.2, 0.25) is 0 Å². The van der Waals surface area contributed by atoms with Crippen molar-refractivity contribution in [3.05, 3.63) is 47.8 Å². The Kier molecular flexibility index (Phi) is 5.15. The van der Waals surface area contributed by atoms with Crippen molar-refractivity contribution in [2.24, 2.45) is 5.84 Å². The topological polar surface area (TPSA) is 65.1 Å². The molecule has 1 aromatic heterocycles. The number of benzene rings is 1. The highest BCUT2D eigenvalue weighted by Crippen LogP contribution is 2.29. The van der Waals surface area contributed by atoms with Crippen LogP contribution in [0, 0.1) is 0 Å². The third-order valence-corrected chi connectivity index (χ3v) is 3.18. The molecule has 3 N–H and O–H groups in total. The molecule has 5 nitrogen and oxygen atoms in total. The van der Waals surface area contributed by atoms with E-state index in [9.17, 15) is 0 Å². The van der Waals surface area contributed by atoms with E-state index in [1.165, 1.54) is 0 Å². The molecule has 2 aromatic rings. The Bertz CT molecular complexity index is 538. The van der Waals surface area contributed by atoms with Gasteiger partial charge < -0.3 is 4.74 Å². The predicted molar refractivity (Wildman–Crippen MR) is 79.3 cm³/mol. The van der Waals surface area contributed by atoms with Crippen LogP contribution in [0.15, 0.2) is 36.5 Å². The van der Waals surface area contributed by atoms with E-state index in [-0.39, 0.29) is 6.04 Å². The molecule has 108 valence electrons. The molecule has 1 atom stereocenters. The molecule has 0 spiro atoms. The van der Waals surface area contributed by atoms with Gasteiger partial charge >= 0.3 is 0 Å². The molecule has 0 aliphatic heterocycles. The molecule has 1 heterocycles. The molecule has 2 rings (SSSR count). The number of rotatable bonds is 7. The van der Waals surface area contributed by atoms with Gasteiger partial charge in [-0.25, -0.2) is 5.43 Å². The highest BCUT2D eigenvalue weighted by molar-refractivity contribution is 5.39. The summed E-state index contributed by atoms with van der Waals surface area (Å²) in [6, 6.07) is 9.80. The largest absolute Gasteiger partial charge is 0.494 e. The monoisotopic (exact) mass is 274 g/mol. The van der Waals surface area contributed by atoms with Crippen LogP contribution in [0.3, 0.4) is 0 Å². The Morgan fingerprint density at radius 1 is 1.30 bits per heavy atom. The number of nitrogens with two attached hydrogens (primary N) is 1. The summed E-state index contributed by atoms with van der Waals surface area (Å²) in [6.45, 7) is 5.60. The average molecular weight is 274 g/mol. The smallest absolute Gasteiger partial charge is 0.124 e. The fraction of sp³-hybridized carbons (Fsp3) is 0.400. The fourth-order valence-corrected chi connectivity index (χ4v) is 2.33. The van der Waals surface area contributed by atoms with E-state index >= 15 is 0 Å². The Morgan fingerprint density at radius 2 is 2.10 bits per heavy atom. The highest BCUT2D eigenvalue weighted by atomic mass is 16.5. The molecule has 0 radical (unpaired) electrons. The molecule has 0 saturated carbocycles. The quantitative estimate of drug-likeness (QED) is 0.600. The summed E-state index contributed by atoms with van der Waals surface area (Å²) in [6.07, 6.45) is 2.83. The third kappa shape index (κ3) is 3.00. The van der Waals surface area contributed by atoms with Crippen molar-refractivity contribution in [2.75, 3.05) is 6.61 Å². The number of hydrazine groups is 1. The van der Waals surface area contributed by atoms with Crippen LogP contribution in [0.5, 0.6) is 5.75 Å². The number of hydrogen-bond donors (Lipinski definition) is 2. The highest BCUT2D eigenvalue weighted by Gasteiger charge is 2.20. The number of ether oxygens (including phenoxy) is 1. The summed E-state index contributed by atoms with van der Waals surface area (Å²) < 4.78 is 7.67. The Balaban J connectivity index is 2.39. The van der Waals surface area contributed by atoms with Crippen LogP contribution in [-0.2, 0) is 6.54 Å². The molecule has 20 heavy (non-hydrogen) atoms. The summed E-state index contributed by atoms with van der Waals surface area (Å²) in [5.41, 5.74) is 4.94. The summed E-state index contributed by atoms with van der Waals surface area (Å²) in [5, 5.41) is 4.36. The molecule has 1 aromatic carbocycles. The van der Waals surface area contributed by atoms with Crippen LogP contribution in [0.25, 0.3) is 0 Å². The lowest BCUT2D eigenvalue weighted by atomic mass is 10.0. The maximum absolute atomic E-state index is 5.78. The lowest BCUT2D eigenvalue weighted by Gasteiger charge is -2.20. The summed E-state index contributed by atoms with van der Waals surface area (Å²) in [4.78, 5) is 0. The van der Waals surface area contributed by atoms with Gasteiger partial charge in [0, 0.05) is 18.3 Å². The van der Waals surface area contributed by atoms with Crippen LogP contribution >= 0.6 is 0 Å². The third-order valence-electron chi connectivity index (χ3n) is 3.18. The molecule has 0 bridgehead atoms. The SMILES string of the molecule is CCCn1nccc1C(NN)c1ccccc1OCC. The van der Waals surface area contributed by atoms with E-state index in [1.807, 2.05) is 41.9 Å². The van der Waals surface area contributed by atoms with E-state index in [2.05, 4.69) is 17.4 Å². The van der Waals surface area contributed by atoms with E-state index in [0.717, 1.165) is 30.0 Å². The minimum Gasteiger partial charge on any atom is -0.494 e. The summed E-state index contributed by atoms with van der Waals surface area (Å²) >= 11 is 0. The molecular formula is C15H22N4O. The molecule has 0 aliphatic rings. The standard InChI is InChI=1S/C15H22N4O/c1-3-11-19-13(9-10-17-19)15(18-16)12-7-5-6-8-14(12)20-4-2/h5-10,15,18H,3-4,11,16H2,1-2H3. The van der Waals surface area contributed by atoms with Crippen molar-refractivity contribution in [2.45, 2.75) is 32.9 Å². The van der Waals surface area contributed by atoms with Crippen molar-refractivity contribution >= 4 is 0 Å². The zero-order valence-corrected chi connectivity index (χ0v) is 12.0. The number of aryl methyl sites for hydroxylation is 1. The molecule has 0 amide bonds. The molecule has 0 aliphatic carbocycles. The average Bonchev–Trinajstić information content (AvgIpc) is 2.91.